The predicted octanol–water partition coefficient (Wildman–Crippen LogP) is 7.18. The quantitative estimate of drug-likeness (QED) is 0.146. The van der Waals surface area contributed by atoms with Gasteiger partial charge in [0.05, 0.1) is 45.2 Å². The van der Waals surface area contributed by atoms with E-state index in [0.29, 0.717) is 45.9 Å². The van der Waals surface area contributed by atoms with Crippen LogP contribution in [0.3, 0.4) is 0 Å². The summed E-state index contributed by atoms with van der Waals surface area (Å²) in [5.74, 6) is 3.26. The molecule has 0 fully saturated rings. The highest BCUT2D eigenvalue weighted by molar-refractivity contribution is 6.00. The average Bonchev–Trinajstić information content (AvgIpc) is 3.00. The van der Waals surface area contributed by atoms with Crippen molar-refractivity contribution in [1.82, 2.24) is 0 Å². The molecule has 0 radical (unpaired) electrons. The summed E-state index contributed by atoms with van der Waals surface area (Å²) < 4.78 is 28.1. The lowest BCUT2D eigenvalue weighted by molar-refractivity contribution is -0.120. The fraction of sp³-hybridized carbons (Fsp3) is 0.206. The maximum absolute atomic E-state index is 13.1. The summed E-state index contributed by atoms with van der Waals surface area (Å²) in [5.41, 5.74) is 8.89. The summed E-state index contributed by atoms with van der Waals surface area (Å²) in [5, 5.41) is 2.93. The van der Waals surface area contributed by atoms with E-state index in [1.807, 2.05) is 92.7 Å². The van der Waals surface area contributed by atoms with Gasteiger partial charge in [0.1, 0.15) is 5.75 Å². The number of nitrogens with two attached hydrogens (primary N) is 1. The Morgan fingerprint density at radius 3 is 1.90 bits per heavy atom. The average molecular weight is 569 g/mol. The van der Waals surface area contributed by atoms with Crippen molar-refractivity contribution in [2.24, 2.45) is 0 Å². The van der Waals surface area contributed by atoms with Gasteiger partial charge >= 0.3 is 0 Å². The van der Waals surface area contributed by atoms with Gasteiger partial charge in [0.2, 0.25) is 11.7 Å². The first-order valence-corrected chi connectivity index (χ1v) is 13.3. The van der Waals surface area contributed by atoms with Gasteiger partial charge in [-0.3, -0.25) is 4.79 Å². The van der Waals surface area contributed by atoms with Gasteiger partial charge in [-0.05, 0) is 79.1 Å². The van der Waals surface area contributed by atoms with Crippen molar-refractivity contribution in [3.63, 3.8) is 0 Å². The lowest BCUT2D eigenvalue weighted by atomic mass is 9.83. The maximum Gasteiger partial charge on any atom is 0.234 e. The third kappa shape index (κ3) is 6.61. The number of amides is 1. The minimum atomic E-state index is -0.809. The number of rotatable bonds is 11. The van der Waals surface area contributed by atoms with E-state index in [1.54, 1.807) is 40.6 Å². The Morgan fingerprint density at radius 1 is 0.714 bits per heavy atom. The second-order valence-corrected chi connectivity index (χ2v) is 10.00. The van der Waals surface area contributed by atoms with Crippen LogP contribution in [0.1, 0.15) is 30.5 Å². The van der Waals surface area contributed by atoms with E-state index in [4.69, 9.17) is 29.4 Å². The Hall–Kier alpha value is -5.11. The summed E-state index contributed by atoms with van der Waals surface area (Å²) in [6.07, 6.45) is 3.90. The van der Waals surface area contributed by atoms with Gasteiger partial charge in [0.15, 0.2) is 23.0 Å². The van der Waals surface area contributed by atoms with Crippen molar-refractivity contribution in [2.75, 3.05) is 39.5 Å². The van der Waals surface area contributed by atoms with Crippen LogP contribution in [0.5, 0.6) is 34.5 Å². The van der Waals surface area contributed by atoms with Crippen LogP contribution < -0.4 is 34.7 Å². The van der Waals surface area contributed by atoms with Crippen molar-refractivity contribution in [1.29, 1.82) is 0 Å². The summed E-state index contributed by atoms with van der Waals surface area (Å²) in [6.45, 7) is 3.73. The number of carbonyl (C=O) groups excluding carboxylic acids is 1. The Bertz CT molecular complexity index is 1550. The van der Waals surface area contributed by atoms with Gasteiger partial charge in [0.25, 0.3) is 0 Å². The first kappa shape index (κ1) is 29.9. The number of anilines is 2. The van der Waals surface area contributed by atoms with Gasteiger partial charge in [-0.25, -0.2) is 0 Å². The van der Waals surface area contributed by atoms with Crippen LogP contribution in [0.25, 0.3) is 12.2 Å². The van der Waals surface area contributed by atoms with E-state index in [0.717, 1.165) is 16.7 Å². The van der Waals surface area contributed by atoms with E-state index >= 15 is 0 Å². The number of hydrogen-bond donors (Lipinski definition) is 2. The highest BCUT2D eigenvalue weighted by atomic mass is 16.5. The van der Waals surface area contributed by atoms with Gasteiger partial charge < -0.3 is 34.7 Å². The predicted molar refractivity (Wildman–Crippen MR) is 167 cm³/mol. The highest BCUT2D eigenvalue weighted by Gasteiger charge is 2.30. The third-order valence-corrected chi connectivity index (χ3v) is 6.92. The first-order valence-electron chi connectivity index (χ1n) is 13.3. The summed E-state index contributed by atoms with van der Waals surface area (Å²) in [4.78, 5) is 13.1. The summed E-state index contributed by atoms with van der Waals surface area (Å²) >= 11 is 0. The molecule has 1 amide bonds. The molecule has 218 valence electrons. The van der Waals surface area contributed by atoms with Crippen molar-refractivity contribution >= 4 is 29.4 Å². The van der Waals surface area contributed by atoms with Crippen LogP contribution in [-0.4, -0.2) is 34.3 Å². The topological polar surface area (TPSA) is 101 Å². The fourth-order valence-electron chi connectivity index (χ4n) is 4.35. The molecule has 0 aliphatic carbocycles. The van der Waals surface area contributed by atoms with E-state index in [-0.39, 0.29) is 5.91 Å². The molecule has 4 rings (SSSR count). The maximum atomic E-state index is 13.1. The molecule has 0 bridgehead atoms. The smallest absolute Gasteiger partial charge is 0.234 e. The number of nitrogen functional groups attached to an aromatic ring is 1. The zero-order valence-electron chi connectivity index (χ0n) is 24.7. The number of nitrogens with one attached hydrogen (secondary N) is 1. The third-order valence-electron chi connectivity index (χ3n) is 6.92. The van der Waals surface area contributed by atoms with E-state index in [9.17, 15) is 4.79 Å². The minimum absolute atomic E-state index is 0.165. The van der Waals surface area contributed by atoms with Gasteiger partial charge in [-0.1, -0.05) is 42.5 Å². The lowest BCUT2D eigenvalue weighted by Crippen LogP contribution is -2.34. The zero-order valence-corrected chi connectivity index (χ0v) is 24.7. The van der Waals surface area contributed by atoms with Crippen molar-refractivity contribution in [3.05, 3.63) is 95.6 Å². The SMILES string of the molecule is COc1ccc(/C=C\c2cc(OC)c(OC)c(OC)c2)cc1Oc1ccc(C(C)(C)C(=O)Nc2ccccc2N)cc1. The highest BCUT2D eigenvalue weighted by Crippen LogP contribution is 2.39. The second-order valence-electron chi connectivity index (χ2n) is 10.00. The molecule has 3 N–H and O–H groups in total. The molecular formula is C34H36N2O6. The largest absolute Gasteiger partial charge is 0.493 e. The number of benzene rings is 4. The standard InChI is InChI=1S/C34H36N2O6/c1-34(2,33(37)36-27-10-8-7-9-26(27)35)24-14-16-25(17-15-24)42-29-19-22(13-18-28(29)38-3)11-12-23-20-30(39-4)32(41-6)31(21-23)40-5/h7-21H,35H2,1-6H3,(H,36,37)/b12-11-. The number of methoxy groups -OCH3 is 4. The molecule has 0 unspecified atom stereocenters. The van der Waals surface area contributed by atoms with E-state index in [2.05, 4.69) is 5.32 Å². The molecule has 8 heteroatoms. The molecule has 0 aromatic heterocycles. The van der Waals surface area contributed by atoms with Crippen molar-refractivity contribution in [3.8, 4) is 34.5 Å². The fourth-order valence-corrected chi connectivity index (χ4v) is 4.35. The van der Waals surface area contributed by atoms with Crippen LogP contribution in [0, 0.1) is 0 Å². The molecule has 0 heterocycles. The Balaban J connectivity index is 1.52. The van der Waals surface area contributed by atoms with Crippen LogP contribution in [-0.2, 0) is 10.2 Å². The molecular weight excluding hydrogens is 532 g/mol. The van der Waals surface area contributed by atoms with Crippen LogP contribution in [0.4, 0.5) is 11.4 Å². The van der Waals surface area contributed by atoms with Gasteiger partial charge in [-0.15, -0.1) is 0 Å². The van der Waals surface area contributed by atoms with Crippen molar-refractivity contribution < 1.29 is 28.5 Å². The molecule has 0 aliphatic rings. The Labute approximate surface area is 246 Å². The normalized spacial score (nSPS) is 11.2. The Kier molecular flexibility index (Phi) is 9.27. The molecule has 0 saturated heterocycles. The molecule has 0 atom stereocenters. The molecule has 4 aromatic rings. The van der Waals surface area contributed by atoms with Gasteiger partial charge in [-0.2, -0.15) is 0 Å². The monoisotopic (exact) mass is 568 g/mol. The molecule has 0 aliphatic heterocycles. The van der Waals surface area contributed by atoms with Crippen LogP contribution in [0.15, 0.2) is 78.9 Å². The zero-order chi connectivity index (χ0) is 30.3. The summed E-state index contributed by atoms with van der Waals surface area (Å²) in [7, 11) is 6.34. The number of ether oxygens (including phenoxy) is 5. The van der Waals surface area contributed by atoms with E-state index < -0.39 is 5.41 Å². The number of hydrogen-bond acceptors (Lipinski definition) is 7. The Morgan fingerprint density at radius 2 is 1.31 bits per heavy atom. The summed E-state index contributed by atoms with van der Waals surface area (Å²) in [6, 6.07) is 24.0. The van der Waals surface area contributed by atoms with Gasteiger partial charge in [0, 0.05) is 0 Å². The van der Waals surface area contributed by atoms with Crippen molar-refractivity contribution in [2.45, 2.75) is 19.3 Å². The molecule has 4 aromatic carbocycles. The molecule has 0 spiro atoms. The number of para-hydroxylation sites is 2. The molecule has 8 nitrogen and oxygen atoms in total. The first-order chi connectivity index (χ1) is 20.2. The number of carbonyl (C=O) groups is 1. The molecule has 0 saturated carbocycles. The van der Waals surface area contributed by atoms with Crippen LogP contribution in [0.2, 0.25) is 0 Å². The molecule has 42 heavy (non-hydrogen) atoms. The second kappa shape index (κ2) is 13.0. The minimum Gasteiger partial charge on any atom is -0.493 e. The lowest BCUT2D eigenvalue weighted by Gasteiger charge is -2.25. The van der Waals surface area contributed by atoms with Crippen LogP contribution >= 0.6 is 0 Å². The van der Waals surface area contributed by atoms with E-state index in [1.165, 1.54) is 0 Å².